The summed E-state index contributed by atoms with van der Waals surface area (Å²) in [4.78, 5) is 11.2. The van der Waals surface area contributed by atoms with Gasteiger partial charge in [-0.05, 0) is 12.1 Å². The molecule has 0 aliphatic rings. The minimum absolute atomic E-state index is 0.486. The Bertz CT molecular complexity index is 385. The van der Waals surface area contributed by atoms with E-state index < -0.39 is 5.95 Å². The number of nitrogens with zero attached hydrogens (tertiary/aromatic N) is 3. The zero-order valence-corrected chi connectivity index (χ0v) is 6.68. The molecule has 0 atom stereocenters. The van der Waals surface area contributed by atoms with Crippen LogP contribution >= 0.6 is 0 Å². The largest absolute Gasteiger partial charge is 0.244 e. The van der Waals surface area contributed by atoms with Gasteiger partial charge in [0.05, 0.1) is 0 Å². The van der Waals surface area contributed by atoms with E-state index in [0.717, 1.165) is 11.1 Å². The monoisotopic (exact) mass is 175 g/mol. The van der Waals surface area contributed by atoms with Crippen LogP contribution in [0.25, 0.3) is 11.1 Å². The molecule has 0 spiro atoms. The van der Waals surface area contributed by atoms with E-state index in [2.05, 4.69) is 15.0 Å². The van der Waals surface area contributed by atoms with Crippen LogP contribution in [-0.4, -0.2) is 15.0 Å². The van der Waals surface area contributed by atoms with Gasteiger partial charge in [-0.3, -0.25) is 0 Å². The van der Waals surface area contributed by atoms with Crippen molar-refractivity contribution in [2.45, 2.75) is 0 Å². The van der Waals surface area contributed by atoms with Gasteiger partial charge in [0, 0.05) is 29.7 Å². The van der Waals surface area contributed by atoms with Crippen molar-refractivity contribution in [1.82, 2.24) is 15.0 Å². The molecule has 0 amide bonds. The molecule has 13 heavy (non-hydrogen) atoms. The lowest BCUT2D eigenvalue weighted by atomic mass is 10.2. The lowest BCUT2D eigenvalue weighted by Crippen LogP contribution is -1.85. The lowest BCUT2D eigenvalue weighted by molar-refractivity contribution is 0.584. The molecule has 4 heteroatoms. The van der Waals surface area contributed by atoms with Gasteiger partial charge in [0.25, 0.3) is 0 Å². The second-order valence-corrected chi connectivity index (χ2v) is 2.50. The minimum atomic E-state index is -0.486. The third kappa shape index (κ3) is 1.66. The van der Waals surface area contributed by atoms with Gasteiger partial charge in [-0.15, -0.1) is 0 Å². The molecule has 2 heterocycles. The molecule has 2 aromatic rings. The number of hydrogen-bond acceptors (Lipinski definition) is 3. The molecule has 0 aromatic carbocycles. The molecule has 3 nitrogen and oxygen atoms in total. The first-order valence-corrected chi connectivity index (χ1v) is 3.73. The van der Waals surface area contributed by atoms with Crippen LogP contribution in [0.15, 0.2) is 37.1 Å². The van der Waals surface area contributed by atoms with Crippen LogP contribution in [0, 0.1) is 5.95 Å². The van der Waals surface area contributed by atoms with Gasteiger partial charge in [-0.25, -0.2) is 15.0 Å². The zero-order valence-electron chi connectivity index (χ0n) is 6.68. The first kappa shape index (κ1) is 7.79. The van der Waals surface area contributed by atoms with Crippen molar-refractivity contribution in [3.8, 4) is 11.1 Å². The molecular formula is C9H6FN3. The maximum absolute atomic E-state index is 12.5. The summed E-state index contributed by atoms with van der Waals surface area (Å²) in [6.45, 7) is 0. The van der Waals surface area contributed by atoms with Gasteiger partial charge in [0.2, 0.25) is 5.95 Å². The van der Waals surface area contributed by atoms with E-state index >= 15 is 0 Å². The number of rotatable bonds is 1. The maximum atomic E-state index is 12.5. The van der Waals surface area contributed by atoms with Crippen LogP contribution in [0.3, 0.4) is 0 Å². The summed E-state index contributed by atoms with van der Waals surface area (Å²) < 4.78 is 12.5. The molecule has 0 aliphatic carbocycles. The zero-order chi connectivity index (χ0) is 9.10. The molecule has 0 bridgehead atoms. The molecule has 0 N–H and O–H groups in total. The predicted octanol–water partition coefficient (Wildman–Crippen LogP) is 1.68. The molecule has 2 aromatic heterocycles. The molecule has 0 aliphatic heterocycles. The SMILES string of the molecule is Fc1ccc(-c2cncnc2)cn1. The van der Waals surface area contributed by atoms with E-state index in [-0.39, 0.29) is 0 Å². The second-order valence-electron chi connectivity index (χ2n) is 2.50. The predicted molar refractivity (Wildman–Crippen MR) is 45.2 cm³/mol. The fraction of sp³-hybridized carbons (Fsp3) is 0. The van der Waals surface area contributed by atoms with Crippen LogP contribution in [-0.2, 0) is 0 Å². The summed E-state index contributed by atoms with van der Waals surface area (Å²) in [7, 11) is 0. The van der Waals surface area contributed by atoms with Crippen molar-refractivity contribution in [3.05, 3.63) is 43.0 Å². The standard InChI is InChI=1S/C9H6FN3/c10-9-2-1-7(5-13-9)8-3-11-6-12-4-8/h1-6H. The first-order valence-electron chi connectivity index (χ1n) is 3.73. The van der Waals surface area contributed by atoms with Crippen molar-refractivity contribution in [2.75, 3.05) is 0 Å². The fourth-order valence-electron chi connectivity index (χ4n) is 0.995. The summed E-state index contributed by atoms with van der Waals surface area (Å²) in [5, 5.41) is 0. The molecule has 0 fully saturated rings. The maximum Gasteiger partial charge on any atom is 0.212 e. The van der Waals surface area contributed by atoms with Crippen molar-refractivity contribution >= 4 is 0 Å². The fourth-order valence-corrected chi connectivity index (χ4v) is 0.995. The Kier molecular flexibility index (Phi) is 1.96. The third-order valence-corrected chi connectivity index (χ3v) is 1.62. The van der Waals surface area contributed by atoms with E-state index in [1.54, 1.807) is 18.5 Å². The first-order chi connectivity index (χ1) is 6.36. The van der Waals surface area contributed by atoms with Crippen LogP contribution < -0.4 is 0 Å². The highest BCUT2D eigenvalue weighted by Gasteiger charge is 1.97. The quantitative estimate of drug-likeness (QED) is 0.619. The molecule has 2 rings (SSSR count). The Balaban J connectivity index is 2.42. The topological polar surface area (TPSA) is 38.7 Å². The highest BCUT2D eigenvalue weighted by molar-refractivity contribution is 5.59. The molecule has 0 radical (unpaired) electrons. The average molecular weight is 175 g/mol. The number of aromatic nitrogens is 3. The second kappa shape index (κ2) is 3.26. The number of hydrogen-bond donors (Lipinski definition) is 0. The normalized spacial score (nSPS) is 9.92. The third-order valence-electron chi connectivity index (χ3n) is 1.62. The van der Waals surface area contributed by atoms with E-state index in [9.17, 15) is 4.39 Å². The van der Waals surface area contributed by atoms with Crippen LogP contribution in [0.1, 0.15) is 0 Å². The van der Waals surface area contributed by atoms with Gasteiger partial charge in [0.1, 0.15) is 6.33 Å². The lowest BCUT2D eigenvalue weighted by Gasteiger charge is -1.97. The number of pyridine rings is 1. The molecule has 0 unspecified atom stereocenters. The van der Waals surface area contributed by atoms with E-state index in [0.29, 0.717) is 0 Å². The van der Waals surface area contributed by atoms with Gasteiger partial charge in [-0.2, -0.15) is 4.39 Å². The summed E-state index contributed by atoms with van der Waals surface area (Å²) in [5.41, 5.74) is 1.64. The van der Waals surface area contributed by atoms with Crippen molar-refractivity contribution in [3.63, 3.8) is 0 Å². The average Bonchev–Trinajstić information content (AvgIpc) is 2.20. The van der Waals surface area contributed by atoms with Crippen LogP contribution in [0.4, 0.5) is 4.39 Å². The minimum Gasteiger partial charge on any atom is -0.244 e. The van der Waals surface area contributed by atoms with E-state index in [1.165, 1.54) is 18.6 Å². The van der Waals surface area contributed by atoms with Crippen molar-refractivity contribution < 1.29 is 4.39 Å². The van der Waals surface area contributed by atoms with Crippen LogP contribution in [0.5, 0.6) is 0 Å². The summed E-state index contributed by atoms with van der Waals surface area (Å²) in [6, 6.07) is 2.95. The highest BCUT2D eigenvalue weighted by Crippen LogP contribution is 2.14. The van der Waals surface area contributed by atoms with Crippen molar-refractivity contribution in [1.29, 1.82) is 0 Å². The Morgan fingerprint density at radius 2 is 1.69 bits per heavy atom. The van der Waals surface area contributed by atoms with Crippen LogP contribution in [0.2, 0.25) is 0 Å². The van der Waals surface area contributed by atoms with Crippen molar-refractivity contribution in [2.24, 2.45) is 0 Å². The van der Waals surface area contributed by atoms with Gasteiger partial charge in [0.15, 0.2) is 0 Å². The number of halogens is 1. The van der Waals surface area contributed by atoms with E-state index in [1.807, 2.05) is 0 Å². The molecule has 0 saturated carbocycles. The van der Waals surface area contributed by atoms with Gasteiger partial charge >= 0.3 is 0 Å². The molecular weight excluding hydrogens is 169 g/mol. The Labute approximate surface area is 74.3 Å². The Morgan fingerprint density at radius 1 is 0.923 bits per heavy atom. The highest BCUT2D eigenvalue weighted by atomic mass is 19.1. The van der Waals surface area contributed by atoms with Gasteiger partial charge in [-0.1, -0.05) is 0 Å². The summed E-state index contributed by atoms with van der Waals surface area (Å²) in [5.74, 6) is -0.486. The Hall–Kier alpha value is -1.84. The van der Waals surface area contributed by atoms with E-state index in [4.69, 9.17) is 0 Å². The van der Waals surface area contributed by atoms with Gasteiger partial charge < -0.3 is 0 Å². The summed E-state index contributed by atoms with van der Waals surface area (Å²) >= 11 is 0. The Morgan fingerprint density at radius 3 is 2.31 bits per heavy atom. The smallest absolute Gasteiger partial charge is 0.212 e. The molecule has 64 valence electrons. The summed E-state index contributed by atoms with van der Waals surface area (Å²) in [6.07, 6.45) is 6.21. The molecule has 0 saturated heterocycles.